The average molecular weight is 396 g/mol. The van der Waals surface area contributed by atoms with Gasteiger partial charge in [-0.05, 0) is 47.5 Å². The molecule has 1 heterocycles. The quantitative estimate of drug-likeness (QED) is 0.485. The number of rotatable bonds is 5. The van der Waals surface area contributed by atoms with Crippen LogP contribution in [0.25, 0.3) is 0 Å². The van der Waals surface area contributed by atoms with Crippen LogP contribution in [0.1, 0.15) is 47.8 Å². The van der Waals surface area contributed by atoms with Crippen molar-refractivity contribution in [3.8, 4) is 6.07 Å². The molecule has 0 aliphatic carbocycles. The molecule has 3 aromatic rings. The van der Waals surface area contributed by atoms with Crippen molar-refractivity contribution in [3.05, 3.63) is 106 Å². The van der Waals surface area contributed by atoms with E-state index in [-0.39, 0.29) is 25.0 Å². The van der Waals surface area contributed by atoms with Crippen LogP contribution in [-0.4, -0.2) is 22.7 Å². The molecular formula is C24H16N2O4. The number of benzene rings is 3. The Hall–Kier alpha value is -4.24. The van der Waals surface area contributed by atoms with Crippen molar-refractivity contribution >= 4 is 17.8 Å². The lowest BCUT2D eigenvalue weighted by molar-refractivity contribution is 0.0472. The predicted molar refractivity (Wildman–Crippen MR) is 107 cm³/mol. The molecule has 1 aliphatic rings. The average Bonchev–Trinajstić information content (AvgIpc) is 3.03. The van der Waals surface area contributed by atoms with Crippen LogP contribution in [0.3, 0.4) is 0 Å². The summed E-state index contributed by atoms with van der Waals surface area (Å²) < 4.78 is 5.34. The van der Waals surface area contributed by atoms with E-state index in [0.29, 0.717) is 27.8 Å². The SMILES string of the molecule is N#Cc1ccc(COC(=O)c2cccc(CN3C(=O)c4ccccc4C3=O)c2)cc1. The van der Waals surface area contributed by atoms with Gasteiger partial charge in [0.1, 0.15) is 6.61 Å². The lowest BCUT2D eigenvalue weighted by Crippen LogP contribution is -2.29. The molecular weight excluding hydrogens is 380 g/mol. The highest BCUT2D eigenvalue weighted by Crippen LogP contribution is 2.24. The first kappa shape index (κ1) is 19.1. The zero-order valence-corrected chi connectivity index (χ0v) is 15.9. The summed E-state index contributed by atoms with van der Waals surface area (Å²) in [4.78, 5) is 38.6. The Morgan fingerprint density at radius 2 is 1.53 bits per heavy atom. The van der Waals surface area contributed by atoms with Crippen LogP contribution >= 0.6 is 0 Å². The fourth-order valence-corrected chi connectivity index (χ4v) is 3.27. The zero-order valence-electron chi connectivity index (χ0n) is 15.9. The second-order valence-corrected chi connectivity index (χ2v) is 6.83. The van der Waals surface area contributed by atoms with Crippen molar-refractivity contribution in [1.29, 1.82) is 5.26 Å². The van der Waals surface area contributed by atoms with Crippen molar-refractivity contribution in [3.63, 3.8) is 0 Å². The van der Waals surface area contributed by atoms with E-state index in [1.54, 1.807) is 72.8 Å². The van der Waals surface area contributed by atoms with Gasteiger partial charge < -0.3 is 4.74 Å². The van der Waals surface area contributed by atoms with E-state index in [2.05, 4.69) is 0 Å². The van der Waals surface area contributed by atoms with Crippen LogP contribution in [0.2, 0.25) is 0 Å². The highest BCUT2D eigenvalue weighted by Gasteiger charge is 2.35. The number of hydrogen-bond donors (Lipinski definition) is 0. The van der Waals surface area contributed by atoms with Gasteiger partial charge in [0.05, 0.1) is 34.9 Å². The standard InChI is InChI=1S/C24H16N2O4/c25-13-16-8-10-17(11-9-16)15-30-24(29)19-5-3-4-18(12-19)14-26-22(27)20-6-1-2-7-21(20)23(26)28/h1-12H,14-15H2. The minimum atomic E-state index is -0.511. The molecule has 6 nitrogen and oxygen atoms in total. The summed E-state index contributed by atoms with van der Waals surface area (Å²) in [6, 6.07) is 22.2. The summed E-state index contributed by atoms with van der Waals surface area (Å²) in [6.45, 7) is 0.149. The van der Waals surface area contributed by atoms with Gasteiger partial charge in [0.15, 0.2) is 0 Å². The Kier molecular flexibility index (Phi) is 5.10. The number of carbonyl (C=O) groups excluding carboxylic acids is 3. The number of nitriles is 1. The maximum atomic E-state index is 12.5. The van der Waals surface area contributed by atoms with Gasteiger partial charge in [0.25, 0.3) is 11.8 Å². The maximum Gasteiger partial charge on any atom is 0.338 e. The van der Waals surface area contributed by atoms with E-state index < -0.39 is 5.97 Å². The second kappa shape index (κ2) is 8.02. The third-order valence-corrected chi connectivity index (χ3v) is 4.83. The van der Waals surface area contributed by atoms with Crippen molar-refractivity contribution in [2.24, 2.45) is 0 Å². The zero-order chi connectivity index (χ0) is 21.1. The van der Waals surface area contributed by atoms with E-state index in [1.165, 1.54) is 4.90 Å². The molecule has 30 heavy (non-hydrogen) atoms. The van der Waals surface area contributed by atoms with E-state index in [4.69, 9.17) is 10.00 Å². The van der Waals surface area contributed by atoms with Gasteiger partial charge in [0, 0.05) is 0 Å². The molecule has 0 saturated carbocycles. The smallest absolute Gasteiger partial charge is 0.338 e. The van der Waals surface area contributed by atoms with Gasteiger partial charge in [-0.3, -0.25) is 14.5 Å². The van der Waals surface area contributed by atoms with Crippen molar-refractivity contribution < 1.29 is 19.1 Å². The highest BCUT2D eigenvalue weighted by molar-refractivity contribution is 6.21. The van der Waals surface area contributed by atoms with Crippen LogP contribution < -0.4 is 0 Å². The lowest BCUT2D eigenvalue weighted by Gasteiger charge is -2.14. The summed E-state index contributed by atoms with van der Waals surface area (Å²) in [5.41, 5.74) is 3.06. The molecule has 1 aliphatic heterocycles. The summed E-state index contributed by atoms with van der Waals surface area (Å²) in [5.74, 6) is -1.20. The topological polar surface area (TPSA) is 87.5 Å². The third kappa shape index (κ3) is 3.69. The van der Waals surface area contributed by atoms with E-state index in [9.17, 15) is 14.4 Å². The molecule has 0 atom stereocenters. The van der Waals surface area contributed by atoms with Gasteiger partial charge in [-0.1, -0.05) is 36.4 Å². The van der Waals surface area contributed by atoms with Crippen molar-refractivity contribution in [2.45, 2.75) is 13.2 Å². The molecule has 2 amide bonds. The monoisotopic (exact) mass is 396 g/mol. The van der Waals surface area contributed by atoms with Crippen LogP contribution in [-0.2, 0) is 17.9 Å². The Bertz CT molecular complexity index is 1160. The molecule has 0 spiro atoms. The molecule has 0 bridgehead atoms. The molecule has 4 rings (SSSR count). The Morgan fingerprint density at radius 1 is 0.867 bits per heavy atom. The van der Waals surface area contributed by atoms with Crippen LogP contribution in [0.4, 0.5) is 0 Å². The maximum absolute atomic E-state index is 12.5. The summed E-state index contributed by atoms with van der Waals surface area (Å²) in [7, 11) is 0. The van der Waals surface area contributed by atoms with Crippen LogP contribution in [0.15, 0.2) is 72.8 Å². The van der Waals surface area contributed by atoms with E-state index in [1.807, 2.05) is 6.07 Å². The Morgan fingerprint density at radius 3 is 2.17 bits per heavy atom. The third-order valence-electron chi connectivity index (χ3n) is 4.83. The normalized spacial score (nSPS) is 12.4. The molecule has 0 unspecified atom stereocenters. The first-order valence-corrected chi connectivity index (χ1v) is 9.27. The summed E-state index contributed by atoms with van der Waals surface area (Å²) in [5, 5.41) is 8.83. The Labute approximate surface area is 172 Å². The summed E-state index contributed by atoms with van der Waals surface area (Å²) in [6.07, 6.45) is 0. The van der Waals surface area contributed by atoms with Crippen LogP contribution in [0, 0.1) is 11.3 Å². The number of amides is 2. The largest absolute Gasteiger partial charge is 0.457 e. The number of ether oxygens (including phenoxy) is 1. The lowest BCUT2D eigenvalue weighted by atomic mass is 10.1. The number of imide groups is 1. The highest BCUT2D eigenvalue weighted by atomic mass is 16.5. The van der Waals surface area contributed by atoms with Gasteiger partial charge in [-0.2, -0.15) is 5.26 Å². The molecule has 0 fully saturated rings. The first-order chi connectivity index (χ1) is 14.6. The van der Waals surface area contributed by atoms with Gasteiger partial charge in [-0.15, -0.1) is 0 Å². The van der Waals surface area contributed by atoms with Crippen LogP contribution in [0.5, 0.6) is 0 Å². The molecule has 0 saturated heterocycles. The molecule has 6 heteroatoms. The minimum absolute atomic E-state index is 0.0725. The number of fused-ring (bicyclic) bond motifs is 1. The molecule has 146 valence electrons. The van der Waals surface area contributed by atoms with Crippen molar-refractivity contribution in [1.82, 2.24) is 4.90 Å². The minimum Gasteiger partial charge on any atom is -0.457 e. The molecule has 0 radical (unpaired) electrons. The van der Waals surface area contributed by atoms with Gasteiger partial charge in [0.2, 0.25) is 0 Å². The number of esters is 1. The van der Waals surface area contributed by atoms with Gasteiger partial charge >= 0.3 is 5.97 Å². The number of carbonyl (C=O) groups is 3. The summed E-state index contributed by atoms with van der Waals surface area (Å²) >= 11 is 0. The Balaban J connectivity index is 1.44. The molecule has 0 N–H and O–H groups in total. The van der Waals surface area contributed by atoms with E-state index in [0.717, 1.165) is 5.56 Å². The van der Waals surface area contributed by atoms with E-state index >= 15 is 0 Å². The second-order valence-electron chi connectivity index (χ2n) is 6.83. The first-order valence-electron chi connectivity index (χ1n) is 9.27. The number of nitrogens with zero attached hydrogens (tertiary/aromatic N) is 2. The van der Waals surface area contributed by atoms with Crippen molar-refractivity contribution in [2.75, 3.05) is 0 Å². The van der Waals surface area contributed by atoms with Gasteiger partial charge in [-0.25, -0.2) is 4.79 Å². The fraction of sp³-hybridized carbons (Fsp3) is 0.0833. The molecule has 3 aromatic carbocycles. The predicted octanol–water partition coefficient (Wildman–Crippen LogP) is 3.71. The molecule has 0 aromatic heterocycles. The number of hydrogen-bond acceptors (Lipinski definition) is 5. The fourth-order valence-electron chi connectivity index (χ4n) is 3.27.